The first-order valence-corrected chi connectivity index (χ1v) is 9.15. The number of hydrogen-bond acceptors (Lipinski definition) is 4. The highest BCUT2D eigenvalue weighted by atomic mass is 35.5. The lowest BCUT2D eigenvalue weighted by Crippen LogP contribution is -2.30. The fraction of sp³-hybridized carbons (Fsp3) is 0.167. The van der Waals surface area contributed by atoms with E-state index in [0.717, 1.165) is 5.56 Å². The third-order valence-corrected chi connectivity index (χ3v) is 4.99. The predicted molar refractivity (Wildman–Crippen MR) is 100 cm³/mol. The largest absolute Gasteiger partial charge is 0.351 e. The second-order valence-corrected chi connectivity index (χ2v) is 7.23. The number of amides is 1. The van der Waals surface area contributed by atoms with Gasteiger partial charge in [0, 0.05) is 11.6 Å². The van der Waals surface area contributed by atoms with Gasteiger partial charge in [-0.05, 0) is 30.7 Å². The van der Waals surface area contributed by atoms with E-state index in [1.807, 2.05) is 18.2 Å². The van der Waals surface area contributed by atoms with E-state index in [1.165, 1.54) is 17.8 Å². The number of aromatic nitrogens is 3. The van der Waals surface area contributed by atoms with Crippen LogP contribution in [0.2, 0.25) is 5.02 Å². The van der Waals surface area contributed by atoms with Crippen molar-refractivity contribution in [2.75, 3.05) is 0 Å². The van der Waals surface area contributed by atoms with Crippen molar-refractivity contribution in [1.29, 1.82) is 0 Å². The van der Waals surface area contributed by atoms with Gasteiger partial charge in [0.15, 0.2) is 5.82 Å². The number of aromatic amines is 1. The lowest BCUT2D eigenvalue weighted by Gasteiger charge is -2.11. The zero-order valence-corrected chi connectivity index (χ0v) is 15.4. The molecule has 0 bridgehead atoms. The van der Waals surface area contributed by atoms with Gasteiger partial charge < -0.3 is 5.32 Å². The van der Waals surface area contributed by atoms with Crippen LogP contribution in [-0.4, -0.2) is 26.3 Å². The van der Waals surface area contributed by atoms with E-state index in [0.29, 0.717) is 28.1 Å². The highest BCUT2D eigenvalue weighted by molar-refractivity contribution is 8.00. The maximum absolute atomic E-state index is 13.8. The summed E-state index contributed by atoms with van der Waals surface area (Å²) in [6, 6.07) is 13.6. The first-order chi connectivity index (χ1) is 12.5. The van der Waals surface area contributed by atoms with Gasteiger partial charge in [-0.1, -0.05) is 53.7 Å². The van der Waals surface area contributed by atoms with Crippen LogP contribution in [-0.2, 0) is 11.3 Å². The zero-order chi connectivity index (χ0) is 18.5. The van der Waals surface area contributed by atoms with E-state index in [9.17, 15) is 9.18 Å². The summed E-state index contributed by atoms with van der Waals surface area (Å²) < 4.78 is 13.8. The topological polar surface area (TPSA) is 70.7 Å². The Morgan fingerprint density at radius 1 is 1.27 bits per heavy atom. The molecular formula is C18H16ClFN4OS. The van der Waals surface area contributed by atoms with E-state index in [1.54, 1.807) is 31.2 Å². The minimum Gasteiger partial charge on any atom is -0.351 e. The summed E-state index contributed by atoms with van der Waals surface area (Å²) in [5.74, 6) is -0.216. The van der Waals surface area contributed by atoms with Gasteiger partial charge in [0.2, 0.25) is 11.1 Å². The molecule has 134 valence electrons. The lowest BCUT2D eigenvalue weighted by molar-refractivity contribution is -0.120. The summed E-state index contributed by atoms with van der Waals surface area (Å²) in [6.45, 7) is 2.10. The van der Waals surface area contributed by atoms with Crippen molar-refractivity contribution in [1.82, 2.24) is 20.5 Å². The maximum atomic E-state index is 13.8. The molecule has 0 aliphatic carbocycles. The molecule has 5 nitrogen and oxygen atoms in total. The van der Waals surface area contributed by atoms with Crippen LogP contribution >= 0.6 is 23.4 Å². The number of halogens is 2. The Hall–Kier alpha value is -2.38. The van der Waals surface area contributed by atoms with Gasteiger partial charge in [-0.15, -0.1) is 5.10 Å². The number of hydrogen-bond donors (Lipinski definition) is 2. The third-order valence-electron chi connectivity index (χ3n) is 3.66. The molecule has 1 aromatic heterocycles. The molecule has 3 rings (SSSR count). The Morgan fingerprint density at radius 2 is 2.00 bits per heavy atom. The summed E-state index contributed by atoms with van der Waals surface area (Å²) in [7, 11) is 0. The molecule has 0 fully saturated rings. The molecule has 0 aliphatic heterocycles. The first-order valence-electron chi connectivity index (χ1n) is 7.89. The molecule has 0 radical (unpaired) electrons. The van der Waals surface area contributed by atoms with Crippen LogP contribution in [0.1, 0.15) is 12.5 Å². The van der Waals surface area contributed by atoms with Crippen molar-refractivity contribution in [3.8, 4) is 11.4 Å². The van der Waals surface area contributed by atoms with Crippen LogP contribution in [0.15, 0.2) is 53.7 Å². The molecule has 1 heterocycles. The first kappa shape index (κ1) is 18.4. The van der Waals surface area contributed by atoms with E-state index >= 15 is 0 Å². The highest BCUT2D eigenvalue weighted by Gasteiger charge is 2.18. The van der Waals surface area contributed by atoms with Gasteiger partial charge in [-0.25, -0.2) is 9.37 Å². The highest BCUT2D eigenvalue weighted by Crippen LogP contribution is 2.24. The average Bonchev–Trinajstić information content (AvgIpc) is 3.09. The van der Waals surface area contributed by atoms with Crippen molar-refractivity contribution in [2.24, 2.45) is 0 Å². The van der Waals surface area contributed by atoms with Crippen molar-refractivity contribution in [2.45, 2.75) is 23.9 Å². The molecule has 3 aromatic rings. The van der Waals surface area contributed by atoms with E-state index < -0.39 is 5.25 Å². The van der Waals surface area contributed by atoms with Gasteiger partial charge in [-0.3, -0.25) is 9.89 Å². The number of carbonyl (C=O) groups is 1. The Morgan fingerprint density at radius 3 is 2.77 bits per heavy atom. The second kappa shape index (κ2) is 8.33. The van der Waals surface area contributed by atoms with Crippen molar-refractivity contribution in [3.05, 3.63) is 64.9 Å². The van der Waals surface area contributed by atoms with Crippen molar-refractivity contribution >= 4 is 29.3 Å². The monoisotopic (exact) mass is 390 g/mol. The average molecular weight is 391 g/mol. The number of benzene rings is 2. The van der Waals surface area contributed by atoms with Gasteiger partial charge in [0.25, 0.3) is 0 Å². The normalized spacial score (nSPS) is 12.0. The van der Waals surface area contributed by atoms with Gasteiger partial charge >= 0.3 is 0 Å². The van der Waals surface area contributed by atoms with Gasteiger partial charge in [0.05, 0.1) is 10.8 Å². The van der Waals surface area contributed by atoms with Gasteiger partial charge in [-0.2, -0.15) is 0 Å². The lowest BCUT2D eigenvalue weighted by atomic mass is 10.2. The van der Waals surface area contributed by atoms with Gasteiger partial charge in [0.1, 0.15) is 5.82 Å². The molecule has 26 heavy (non-hydrogen) atoms. The number of thioether (sulfide) groups is 1. The van der Waals surface area contributed by atoms with Crippen LogP contribution in [0.25, 0.3) is 11.4 Å². The summed E-state index contributed by atoms with van der Waals surface area (Å²) >= 11 is 7.27. The minimum absolute atomic E-state index is 0.160. The number of H-pyrrole nitrogens is 1. The number of carbonyl (C=O) groups excluding carboxylic acids is 1. The minimum atomic E-state index is -0.415. The van der Waals surface area contributed by atoms with Crippen LogP contribution in [0.4, 0.5) is 4.39 Å². The number of nitrogens with zero attached hydrogens (tertiary/aromatic N) is 2. The van der Waals surface area contributed by atoms with Crippen LogP contribution < -0.4 is 5.32 Å². The Balaban J connectivity index is 1.59. The predicted octanol–water partition coefficient (Wildman–Crippen LogP) is 4.06. The maximum Gasteiger partial charge on any atom is 0.233 e. The molecule has 0 aliphatic rings. The molecule has 0 unspecified atom stereocenters. The standard InChI is InChI=1S/C18H16ClFN4OS/c1-11(17(25)21-10-12-6-2-4-8-14(12)19)26-18-22-16(23-24-18)13-7-3-5-9-15(13)20/h2-9,11H,10H2,1H3,(H,21,25)(H,22,23,24)/t11-/m1/s1. The zero-order valence-electron chi connectivity index (χ0n) is 13.9. The quantitative estimate of drug-likeness (QED) is 0.622. The molecule has 2 N–H and O–H groups in total. The fourth-order valence-corrected chi connectivity index (χ4v) is 3.20. The van der Waals surface area contributed by atoms with Crippen LogP contribution in [0.5, 0.6) is 0 Å². The summed E-state index contributed by atoms with van der Waals surface area (Å²) in [4.78, 5) is 16.5. The molecule has 0 saturated carbocycles. The SMILES string of the molecule is C[C@@H](Sc1n[nH]c(-c2ccccc2F)n1)C(=O)NCc1ccccc1Cl. The Kier molecular flexibility index (Phi) is 5.90. The second-order valence-electron chi connectivity index (χ2n) is 5.52. The number of rotatable bonds is 6. The Bertz CT molecular complexity index is 917. The molecule has 0 spiro atoms. The Labute approximate surface area is 159 Å². The number of nitrogens with one attached hydrogen (secondary N) is 2. The van der Waals surface area contributed by atoms with Crippen LogP contribution in [0.3, 0.4) is 0 Å². The molecule has 2 aromatic carbocycles. The summed E-state index contributed by atoms with van der Waals surface area (Å²) in [5, 5.41) is 10.2. The smallest absolute Gasteiger partial charge is 0.233 e. The molecule has 1 atom stereocenters. The summed E-state index contributed by atoms with van der Waals surface area (Å²) in [5.41, 5.74) is 1.18. The molecule has 0 saturated heterocycles. The van der Waals surface area contributed by atoms with Crippen molar-refractivity contribution in [3.63, 3.8) is 0 Å². The summed E-state index contributed by atoms with van der Waals surface area (Å²) in [6.07, 6.45) is 0. The van der Waals surface area contributed by atoms with E-state index in [2.05, 4.69) is 20.5 Å². The van der Waals surface area contributed by atoms with Crippen LogP contribution in [0, 0.1) is 5.82 Å². The molecule has 8 heteroatoms. The third kappa shape index (κ3) is 4.42. The molecular weight excluding hydrogens is 375 g/mol. The molecule has 1 amide bonds. The van der Waals surface area contributed by atoms with Crippen molar-refractivity contribution < 1.29 is 9.18 Å². The van der Waals surface area contributed by atoms with E-state index in [4.69, 9.17) is 11.6 Å². The fourth-order valence-electron chi connectivity index (χ4n) is 2.25. The van der Waals surface area contributed by atoms with E-state index in [-0.39, 0.29) is 11.7 Å².